The number of ether oxygens (including phenoxy) is 1. The molecule has 1 aromatic carbocycles. The summed E-state index contributed by atoms with van der Waals surface area (Å²) < 4.78 is 21.4. The zero-order valence-corrected chi connectivity index (χ0v) is 16.5. The lowest BCUT2D eigenvalue weighted by molar-refractivity contribution is 0.194. The third-order valence-electron chi connectivity index (χ3n) is 2.36. The summed E-state index contributed by atoms with van der Waals surface area (Å²) in [6.07, 6.45) is 0. The van der Waals surface area contributed by atoms with Gasteiger partial charge in [-0.3, -0.25) is 0 Å². The molecule has 0 aliphatic rings. The van der Waals surface area contributed by atoms with Crippen LogP contribution in [0.1, 0.15) is 61.0 Å². The van der Waals surface area contributed by atoms with Crippen molar-refractivity contribution in [3.05, 3.63) is 23.8 Å². The molecule has 0 radical (unpaired) electrons. The number of aryl methyl sites for hydroxylation is 1. The van der Waals surface area contributed by atoms with Crippen LogP contribution < -0.4 is 9.46 Å². The zero-order chi connectivity index (χ0) is 17.6. The molecule has 1 unspecified atom stereocenters. The van der Waals surface area contributed by atoms with E-state index in [0.29, 0.717) is 17.3 Å². The molecule has 1 atom stereocenters. The van der Waals surface area contributed by atoms with Crippen LogP contribution in [0.3, 0.4) is 0 Å². The van der Waals surface area contributed by atoms with E-state index in [9.17, 15) is 4.21 Å². The molecule has 128 valence electrons. The van der Waals surface area contributed by atoms with Crippen LogP contribution in [0, 0.1) is 12.3 Å². The van der Waals surface area contributed by atoms with Crippen LogP contribution in [0.15, 0.2) is 23.1 Å². The molecule has 22 heavy (non-hydrogen) atoms. The molecule has 4 heteroatoms. The monoisotopic (exact) mass is 327 g/mol. The SMILES string of the molecule is CC.Cc1ccc(S(=O)NC(C)(C)C)c(OCC(C)(C)C)c1. The summed E-state index contributed by atoms with van der Waals surface area (Å²) in [5, 5.41) is 0. The standard InChI is InChI=1S/C16H27NO2S.C2H6/c1-12-8-9-14(20(18)17-16(5,6)7)13(10-12)19-11-15(2,3)4;1-2/h8-10,17H,11H2,1-7H3;1-2H3. The van der Waals surface area contributed by atoms with Crippen molar-refractivity contribution in [3.8, 4) is 5.75 Å². The summed E-state index contributed by atoms with van der Waals surface area (Å²) in [5.41, 5.74) is 0.960. The van der Waals surface area contributed by atoms with E-state index in [2.05, 4.69) is 25.5 Å². The molecule has 0 saturated heterocycles. The highest BCUT2D eigenvalue weighted by Crippen LogP contribution is 2.26. The maximum atomic E-state index is 12.4. The largest absolute Gasteiger partial charge is 0.492 e. The summed E-state index contributed by atoms with van der Waals surface area (Å²) in [4.78, 5) is 0.703. The second-order valence-corrected chi connectivity index (χ2v) is 8.60. The van der Waals surface area contributed by atoms with E-state index in [1.54, 1.807) is 0 Å². The fourth-order valence-electron chi connectivity index (χ4n) is 1.51. The van der Waals surface area contributed by atoms with Gasteiger partial charge in [-0.25, -0.2) is 8.93 Å². The second-order valence-electron chi connectivity index (χ2n) is 7.42. The van der Waals surface area contributed by atoms with Crippen LogP contribution >= 0.6 is 0 Å². The van der Waals surface area contributed by atoms with Crippen LogP contribution in [0.25, 0.3) is 0 Å². The average Bonchev–Trinajstić information content (AvgIpc) is 2.36. The van der Waals surface area contributed by atoms with Gasteiger partial charge in [-0.15, -0.1) is 0 Å². The van der Waals surface area contributed by atoms with Gasteiger partial charge >= 0.3 is 0 Å². The summed E-state index contributed by atoms with van der Waals surface area (Å²) in [7, 11) is -1.28. The minimum absolute atomic E-state index is 0.0694. The summed E-state index contributed by atoms with van der Waals surface area (Å²) in [6, 6.07) is 5.78. The summed E-state index contributed by atoms with van der Waals surface area (Å²) in [5.74, 6) is 0.704. The minimum atomic E-state index is -1.28. The first-order chi connectivity index (χ1) is 9.98. The van der Waals surface area contributed by atoms with E-state index < -0.39 is 11.0 Å². The third-order valence-corrected chi connectivity index (χ3v) is 3.89. The van der Waals surface area contributed by atoms with Gasteiger partial charge in [0.05, 0.1) is 11.5 Å². The number of nitrogens with one attached hydrogen (secondary N) is 1. The molecule has 3 nitrogen and oxygen atoms in total. The molecule has 0 fully saturated rings. The fraction of sp³-hybridized carbons (Fsp3) is 0.667. The van der Waals surface area contributed by atoms with Crippen molar-refractivity contribution in [1.29, 1.82) is 0 Å². The highest BCUT2D eigenvalue weighted by Gasteiger charge is 2.19. The average molecular weight is 328 g/mol. The summed E-state index contributed by atoms with van der Waals surface area (Å²) in [6.45, 7) is 18.9. The first kappa shape index (κ1) is 21.1. The van der Waals surface area contributed by atoms with E-state index in [1.807, 2.05) is 59.7 Å². The smallest absolute Gasteiger partial charge is 0.137 e. The Hall–Kier alpha value is -0.870. The summed E-state index contributed by atoms with van der Waals surface area (Å²) >= 11 is 0. The number of hydrogen-bond donors (Lipinski definition) is 1. The fourth-order valence-corrected chi connectivity index (χ4v) is 2.67. The van der Waals surface area contributed by atoms with Crippen molar-refractivity contribution < 1.29 is 8.95 Å². The van der Waals surface area contributed by atoms with E-state index in [4.69, 9.17) is 4.74 Å². The molecule has 0 aliphatic heterocycles. The maximum Gasteiger partial charge on any atom is 0.137 e. The molecule has 1 rings (SSSR count). The molecule has 0 aromatic heterocycles. The van der Waals surface area contributed by atoms with Gasteiger partial charge in [0.1, 0.15) is 16.7 Å². The van der Waals surface area contributed by atoms with Crippen molar-refractivity contribution in [2.75, 3.05) is 6.61 Å². The molecule has 0 aliphatic carbocycles. The van der Waals surface area contributed by atoms with Gasteiger partial charge in [-0.2, -0.15) is 0 Å². The predicted octanol–water partition coefficient (Wildman–Crippen LogP) is 4.86. The molecule has 1 N–H and O–H groups in total. The Morgan fingerprint density at radius 3 is 2.09 bits per heavy atom. The first-order valence-corrected chi connectivity index (χ1v) is 9.06. The van der Waals surface area contributed by atoms with Crippen molar-refractivity contribution in [1.82, 2.24) is 4.72 Å². The third kappa shape index (κ3) is 8.54. The Morgan fingerprint density at radius 1 is 1.09 bits per heavy atom. The lowest BCUT2D eigenvalue weighted by Gasteiger charge is -2.23. The van der Waals surface area contributed by atoms with Crippen LogP contribution in [0.4, 0.5) is 0 Å². The van der Waals surface area contributed by atoms with Gasteiger partial charge in [0.15, 0.2) is 0 Å². The van der Waals surface area contributed by atoms with Crippen molar-refractivity contribution in [2.24, 2.45) is 5.41 Å². The molecule has 0 bridgehead atoms. The predicted molar refractivity (Wildman–Crippen MR) is 96.8 cm³/mol. The van der Waals surface area contributed by atoms with Crippen molar-refractivity contribution >= 4 is 11.0 Å². The Kier molecular flexibility index (Phi) is 8.34. The molecule has 0 spiro atoms. The molecule has 0 saturated carbocycles. The highest BCUT2D eigenvalue weighted by atomic mass is 32.2. The Balaban J connectivity index is 0.00000211. The minimum Gasteiger partial charge on any atom is -0.492 e. The number of benzene rings is 1. The van der Waals surface area contributed by atoms with E-state index in [-0.39, 0.29) is 11.0 Å². The lowest BCUT2D eigenvalue weighted by Crippen LogP contribution is -2.37. The first-order valence-electron chi connectivity index (χ1n) is 7.91. The Morgan fingerprint density at radius 2 is 1.64 bits per heavy atom. The van der Waals surface area contributed by atoms with Crippen LogP contribution in [-0.2, 0) is 11.0 Å². The molecular formula is C18H33NO2S. The lowest BCUT2D eigenvalue weighted by atomic mass is 9.99. The van der Waals surface area contributed by atoms with E-state index in [0.717, 1.165) is 5.56 Å². The Labute approximate surface area is 139 Å². The second kappa shape index (κ2) is 8.68. The van der Waals surface area contributed by atoms with Crippen molar-refractivity contribution in [3.63, 3.8) is 0 Å². The van der Waals surface area contributed by atoms with Crippen LogP contribution in [0.5, 0.6) is 5.75 Å². The quantitative estimate of drug-likeness (QED) is 0.858. The number of hydrogen-bond acceptors (Lipinski definition) is 2. The Bertz CT molecular complexity index is 485. The van der Waals surface area contributed by atoms with Gasteiger partial charge in [-0.1, -0.05) is 40.7 Å². The zero-order valence-electron chi connectivity index (χ0n) is 15.7. The topological polar surface area (TPSA) is 38.3 Å². The van der Waals surface area contributed by atoms with Crippen molar-refractivity contribution in [2.45, 2.75) is 72.7 Å². The molecule has 0 amide bonds. The normalized spacial score (nSPS) is 13.1. The van der Waals surface area contributed by atoms with E-state index in [1.165, 1.54) is 0 Å². The van der Waals surface area contributed by atoms with Crippen LogP contribution in [0.2, 0.25) is 0 Å². The van der Waals surface area contributed by atoms with Gasteiger partial charge in [0.25, 0.3) is 0 Å². The molecule has 1 aromatic rings. The van der Waals surface area contributed by atoms with Gasteiger partial charge < -0.3 is 4.74 Å². The maximum absolute atomic E-state index is 12.4. The van der Waals surface area contributed by atoms with Gasteiger partial charge in [-0.05, 0) is 50.8 Å². The highest BCUT2D eigenvalue weighted by molar-refractivity contribution is 7.83. The van der Waals surface area contributed by atoms with Crippen LogP contribution in [-0.4, -0.2) is 16.4 Å². The number of rotatable bonds is 4. The van der Waals surface area contributed by atoms with Gasteiger partial charge in [0.2, 0.25) is 0 Å². The molecular weight excluding hydrogens is 294 g/mol. The van der Waals surface area contributed by atoms with Gasteiger partial charge in [0, 0.05) is 5.54 Å². The molecule has 0 heterocycles. The van der Waals surface area contributed by atoms with E-state index >= 15 is 0 Å².